The second kappa shape index (κ2) is 32.0. The number of halogens is 2. The van der Waals surface area contributed by atoms with Crippen molar-refractivity contribution >= 4 is 38.0 Å². The van der Waals surface area contributed by atoms with Crippen LogP contribution in [0, 0.1) is 0 Å². The molecular formula is C34H53Br2NO4. The van der Waals surface area contributed by atoms with Crippen molar-refractivity contribution in [3.05, 3.63) is 101 Å². The van der Waals surface area contributed by atoms with Crippen LogP contribution in [-0.2, 0) is 0 Å². The Kier molecular flexibility index (Phi) is 33.5. The molecule has 1 amide bonds. The summed E-state index contributed by atoms with van der Waals surface area (Å²) in [6.07, 6.45) is 21.7. The first kappa shape index (κ1) is 43.0. The van der Waals surface area contributed by atoms with E-state index in [1.807, 2.05) is 38.2 Å². The zero-order valence-electron chi connectivity index (χ0n) is 26.0. The molecule has 1 rings (SSSR count). The monoisotopic (exact) mass is 697 g/mol. The number of carbonyl (C=O) groups is 1. The number of nitrogens with one attached hydrogen (secondary N) is 1. The van der Waals surface area contributed by atoms with Crippen molar-refractivity contribution in [1.29, 1.82) is 0 Å². The van der Waals surface area contributed by atoms with E-state index in [0.717, 1.165) is 21.8 Å². The molecule has 0 radical (unpaired) electrons. The van der Waals surface area contributed by atoms with Crippen LogP contribution in [0.5, 0.6) is 5.75 Å². The molecule has 0 aliphatic heterocycles. The zero-order valence-corrected chi connectivity index (χ0v) is 29.2. The molecule has 7 heteroatoms. The molecule has 5 nitrogen and oxygen atoms in total. The summed E-state index contributed by atoms with van der Waals surface area (Å²) >= 11 is 6.69. The van der Waals surface area contributed by atoms with Crippen LogP contribution in [0.1, 0.15) is 85.6 Å². The Hall–Kier alpha value is -2.51. The van der Waals surface area contributed by atoms with E-state index in [0.29, 0.717) is 5.76 Å². The standard InChI is InChI=1S/C15H18BrNO3.C10H17Br.C6H10O.C3H8/c1-2-11(4-3-9-16)14(10-17-15(19)20)12-5-7-13(18)8-6-12;1-3-5-7-10(4-2)8-6-9-11;1-3-4-5-6(2)7;1-3-2/h2-8,14,17-18H,9-10H2,1H3,(H,19,20);4,6,8H,3,5,7,9H2,1-2H3;3-5,7H,1-2H3;3H2,1-2H3/b4-3-,11-2+;8-6-,10-4-;4-3-,6-5+;. The average Bonchev–Trinajstić information content (AvgIpc) is 2.95. The number of hydrogen-bond donors (Lipinski definition) is 4. The molecule has 1 atom stereocenters. The third-order valence-corrected chi connectivity index (χ3v) is 5.78. The van der Waals surface area contributed by atoms with Crippen molar-refractivity contribution in [2.75, 3.05) is 17.2 Å². The number of aliphatic hydroxyl groups excluding tert-OH is 1. The van der Waals surface area contributed by atoms with Gasteiger partial charge in [-0.05, 0) is 69.9 Å². The predicted octanol–water partition coefficient (Wildman–Crippen LogP) is 11.2. The van der Waals surface area contributed by atoms with Crippen molar-refractivity contribution in [3.63, 3.8) is 0 Å². The normalized spacial score (nSPS) is 12.7. The lowest BCUT2D eigenvalue weighted by Crippen LogP contribution is -2.27. The van der Waals surface area contributed by atoms with Gasteiger partial charge in [0.2, 0.25) is 0 Å². The number of rotatable bonds is 12. The molecule has 1 aromatic rings. The van der Waals surface area contributed by atoms with Crippen LogP contribution >= 0.6 is 31.9 Å². The lowest BCUT2D eigenvalue weighted by atomic mass is 9.90. The summed E-state index contributed by atoms with van der Waals surface area (Å²) in [5.41, 5.74) is 3.42. The molecule has 0 aromatic heterocycles. The number of carboxylic acid groups (broad SMARTS) is 1. The molecule has 1 unspecified atom stereocenters. The van der Waals surface area contributed by atoms with Crippen LogP contribution in [-0.4, -0.2) is 38.6 Å². The average molecular weight is 700 g/mol. The van der Waals surface area contributed by atoms with Crippen LogP contribution in [0.25, 0.3) is 0 Å². The second-order valence-electron chi connectivity index (χ2n) is 8.74. The van der Waals surface area contributed by atoms with E-state index in [2.05, 4.69) is 83.1 Å². The third-order valence-electron chi connectivity index (χ3n) is 5.03. The summed E-state index contributed by atoms with van der Waals surface area (Å²) in [4.78, 5) is 10.7. The first-order chi connectivity index (χ1) is 19.6. The molecule has 0 spiro atoms. The minimum Gasteiger partial charge on any atom is -0.513 e. The van der Waals surface area contributed by atoms with E-state index in [-0.39, 0.29) is 18.2 Å². The summed E-state index contributed by atoms with van der Waals surface area (Å²) in [5.74, 6) is 0.446. The van der Waals surface area contributed by atoms with Gasteiger partial charge in [-0.2, -0.15) is 0 Å². The Labute approximate surface area is 266 Å². The smallest absolute Gasteiger partial charge is 0.404 e. The molecular weight excluding hydrogens is 646 g/mol. The van der Waals surface area contributed by atoms with Gasteiger partial charge in [0.25, 0.3) is 0 Å². The maximum absolute atomic E-state index is 10.7. The van der Waals surface area contributed by atoms with Crippen molar-refractivity contribution in [2.45, 2.75) is 80.1 Å². The van der Waals surface area contributed by atoms with Gasteiger partial charge in [0.1, 0.15) is 5.75 Å². The Balaban J connectivity index is -0.000000576. The van der Waals surface area contributed by atoms with Gasteiger partial charge >= 0.3 is 6.09 Å². The van der Waals surface area contributed by atoms with Gasteiger partial charge in [0.05, 0.1) is 5.76 Å². The van der Waals surface area contributed by atoms with E-state index in [1.54, 1.807) is 43.3 Å². The first-order valence-electron chi connectivity index (χ1n) is 14.1. The molecule has 4 N–H and O–H groups in total. The minimum absolute atomic E-state index is 0.0907. The summed E-state index contributed by atoms with van der Waals surface area (Å²) < 4.78 is 0. The van der Waals surface area contributed by atoms with Crippen molar-refractivity contribution in [3.8, 4) is 5.75 Å². The highest BCUT2D eigenvalue weighted by Crippen LogP contribution is 2.26. The molecule has 0 bridgehead atoms. The molecule has 0 aliphatic rings. The topological polar surface area (TPSA) is 89.8 Å². The second-order valence-corrected chi connectivity index (χ2v) is 10.0. The number of phenolic OH excluding ortho intramolecular Hbond substituents is 1. The van der Waals surface area contributed by atoms with Gasteiger partial charge in [0, 0.05) is 23.1 Å². The van der Waals surface area contributed by atoms with Crippen LogP contribution < -0.4 is 5.32 Å². The van der Waals surface area contributed by atoms with Gasteiger partial charge in [-0.25, -0.2) is 4.79 Å². The number of amides is 1. The SMILES string of the molecule is C/C=C(\C=C/CBr)C(CNC(=O)O)c1ccc(O)cc1.C/C=C(\C=C/CBr)CCCC.C/C=C\C=C(/C)O.CCC. The Morgan fingerprint density at radius 2 is 1.51 bits per heavy atom. The Bertz CT molecular complexity index is 942. The van der Waals surface area contributed by atoms with Crippen LogP contribution in [0.2, 0.25) is 0 Å². The maximum atomic E-state index is 10.7. The fourth-order valence-electron chi connectivity index (χ4n) is 3.05. The summed E-state index contributed by atoms with van der Waals surface area (Å²) in [6.45, 7) is 14.3. The van der Waals surface area contributed by atoms with Gasteiger partial charge in [-0.1, -0.05) is 132 Å². The zero-order chi connectivity index (χ0) is 31.9. The maximum Gasteiger partial charge on any atom is 0.404 e. The molecule has 1 aromatic carbocycles. The van der Waals surface area contributed by atoms with E-state index in [1.165, 1.54) is 31.3 Å². The van der Waals surface area contributed by atoms with Gasteiger partial charge in [-0.3, -0.25) is 0 Å². The van der Waals surface area contributed by atoms with E-state index in [4.69, 9.17) is 10.2 Å². The molecule has 0 fully saturated rings. The van der Waals surface area contributed by atoms with Crippen LogP contribution in [0.4, 0.5) is 4.79 Å². The van der Waals surface area contributed by atoms with Gasteiger partial charge in [0.15, 0.2) is 0 Å². The van der Waals surface area contributed by atoms with E-state index in [9.17, 15) is 9.90 Å². The van der Waals surface area contributed by atoms with Crippen LogP contribution in [0.3, 0.4) is 0 Å². The quantitative estimate of drug-likeness (QED) is 0.0993. The fourth-order valence-corrected chi connectivity index (χ4v) is 3.43. The largest absolute Gasteiger partial charge is 0.513 e. The van der Waals surface area contributed by atoms with Gasteiger partial charge < -0.3 is 20.6 Å². The third kappa shape index (κ3) is 28.8. The molecule has 0 saturated carbocycles. The predicted molar refractivity (Wildman–Crippen MR) is 187 cm³/mol. The fraction of sp³-hybridized carbons (Fsp3) is 0.441. The molecule has 41 heavy (non-hydrogen) atoms. The number of hydrogen-bond acceptors (Lipinski definition) is 3. The summed E-state index contributed by atoms with van der Waals surface area (Å²) in [6, 6.07) is 6.80. The number of alkyl halides is 2. The van der Waals surface area contributed by atoms with E-state index >= 15 is 0 Å². The Morgan fingerprint density at radius 1 is 0.951 bits per heavy atom. The lowest BCUT2D eigenvalue weighted by Gasteiger charge is -2.19. The van der Waals surface area contributed by atoms with Crippen LogP contribution in [0.15, 0.2) is 95.9 Å². The van der Waals surface area contributed by atoms with Crippen molar-refractivity contribution in [1.82, 2.24) is 5.32 Å². The summed E-state index contributed by atoms with van der Waals surface area (Å²) in [5, 5.41) is 30.7. The molecule has 0 saturated heterocycles. The summed E-state index contributed by atoms with van der Waals surface area (Å²) in [7, 11) is 0. The molecule has 232 valence electrons. The van der Waals surface area contributed by atoms with Crippen molar-refractivity contribution < 1.29 is 20.1 Å². The van der Waals surface area contributed by atoms with Crippen molar-refractivity contribution in [2.24, 2.45) is 0 Å². The highest BCUT2D eigenvalue weighted by Gasteiger charge is 2.15. The molecule has 0 aliphatic carbocycles. The number of aliphatic hydroxyl groups is 1. The highest BCUT2D eigenvalue weighted by molar-refractivity contribution is 9.09. The number of unbranched alkanes of at least 4 members (excludes halogenated alkanes) is 1. The minimum atomic E-state index is -1.05. The van der Waals surface area contributed by atoms with Gasteiger partial charge in [-0.15, -0.1) is 0 Å². The number of benzene rings is 1. The number of aromatic hydroxyl groups is 1. The van der Waals surface area contributed by atoms with E-state index < -0.39 is 6.09 Å². The highest BCUT2D eigenvalue weighted by atomic mass is 79.9. The first-order valence-corrected chi connectivity index (χ1v) is 16.4. The lowest BCUT2D eigenvalue weighted by molar-refractivity contribution is 0.194. The Morgan fingerprint density at radius 3 is 1.90 bits per heavy atom. The number of phenols is 1. The number of allylic oxidation sites excluding steroid dienone is 11. The molecule has 0 heterocycles.